The highest BCUT2D eigenvalue weighted by molar-refractivity contribution is 9.10. The number of rotatable bonds is 2. The quantitative estimate of drug-likeness (QED) is 0.825. The molecule has 6 heteroatoms. The van der Waals surface area contributed by atoms with Crippen LogP contribution in [0.4, 0.5) is 0 Å². The number of nitrogens with zero attached hydrogens (tertiary/aromatic N) is 1. The molecule has 0 N–H and O–H groups in total. The third kappa shape index (κ3) is 2.72. The van der Waals surface area contributed by atoms with Crippen LogP contribution < -0.4 is 0 Å². The molecule has 0 aromatic heterocycles. The van der Waals surface area contributed by atoms with Gasteiger partial charge in [-0.1, -0.05) is 22.0 Å². The fourth-order valence-electron chi connectivity index (χ4n) is 2.46. The molecule has 0 aliphatic carbocycles. The van der Waals surface area contributed by atoms with Crippen molar-refractivity contribution in [1.29, 1.82) is 0 Å². The molecule has 1 aliphatic heterocycles. The van der Waals surface area contributed by atoms with Crippen LogP contribution >= 0.6 is 15.9 Å². The molecule has 1 fully saturated rings. The van der Waals surface area contributed by atoms with Crippen molar-refractivity contribution in [2.75, 3.05) is 26.3 Å². The van der Waals surface area contributed by atoms with E-state index in [4.69, 9.17) is 4.74 Å². The summed E-state index contributed by atoms with van der Waals surface area (Å²) >= 11 is 3.47. The van der Waals surface area contributed by atoms with Gasteiger partial charge < -0.3 is 4.74 Å². The molecule has 4 nitrogen and oxygen atoms in total. The van der Waals surface area contributed by atoms with E-state index in [1.807, 2.05) is 26.8 Å². The topological polar surface area (TPSA) is 46.6 Å². The van der Waals surface area contributed by atoms with Gasteiger partial charge in [0.25, 0.3) is 0 Å². The monoisotopic (exact) mass is 347 g/mol. The molecule has 1 saturated heterocycles. The van der Waals surface area contributed by atoms with Gasteiger partial charge in [0.2, 0.25) is 10.0 Å². The van der Waals surface area contributed by atoms with Crippen LogP contribution in [0.2, 0.25) is 0 Å². The van der Waals surface area contributed by atoms with E-state index >= 15 is 0 Å². The average molecular weight is 348 g/mol. The Kier molecular flexibility index (Phi) is 4.35. The Morgan fingerprint density at radius 3 is 2.32 bits per heavy atom. The Morgan fingerprint density at radius 1 is 1.16 bits per heavy atom. The van der Waals surface area contributed by atoms with Crippen LogP contribution in [0.1, 0.15) is 16.7 Å². The fraction of sp³-hybridized carbons (Fsp3) is 0.538. The fourth-order valence-corrected chi connectivity index (χ4v) is 4.74. The number of sulfonamides is 1. The van der Waals surface area contributed by atoms with E-state index < -0.39 is 10.0 Å². The van der Waals surface area contributed by atoms with Gasteiger partial charge in [0.15, 0.2) is 0 Å². The van der Waals surface area contributed by atoms with Crippen molar-refractivity contribution < 1.29 is 13.2 Å². The summed E-state index contributed by atoms with van der Waals surface area (Å²) in [6, 6.07) is 1.91. The number of hydrogen-bond acceptors (Lipinski definition) is 3. The first kappa shape index (κ1) is 15.0. The molecule has 0 radical (unpaired) electrons. The van der Waals surface area contributed by atoms with Crippen molar-refractivity contribution in [3.63, 3.8) is 0 Å². The summed E-state index contributed by atoms with van der Waals surface area (Å²) in [5.41, 5.74) is 2.63. The maximum Gasteiger partial charge on any atom is 0.243 e. The molecular weight excluding hydrogens is 330 g/mol. The number of hydrogen-bond donors (Lipinski definition) is 0. The van der Waals surface area contributed by atoms with E-state index in [9.17, 15) is 8.42 Å². The van der Waals surface area contributed by atoms with Gasteiger partial charge in [0.05, 0.1) is 18.1 Å². The third-order valence-electron chi connectivity index (χ3n) is 3.38. The molecular formula is C13H18BrNO3S. The van der Waals surface area contributed by atoms with E-state index in [0.717, 1.165) is 21.2 Å². The van der Waals surface area contributed by atoms with Gasteiger partial charge in [-0.3, -0.25) is 0 Å². The second-order valence-corrected chi connectivity index (χ2v) is 7.46. The molecule has 19 heavy (non-hydrogen) atoms. The molecule has 1 aromatic rings. The second-order valence-electron chi connectivity index (χ2n) is 4.79. The lowest BCUT2D eigenvalue weighted by Gasteiger charge is -2.27. The van der Waals surface area contributed by atoms with Crippen molar-refractivity contribution in [1.82, 2.24) is 4.31 Å². The number of ether oxygens (including phenoxy) is 1. The smallest absolute Gasteiger partial charge is 0.243 e. The summed E-state index contributed by atoms with van der Waals surface area (Å²) in [4.78, 5) is 0.423. The molecule has 0 atom stereocenters. The van der Waals surface area contributed by atoms with Crippen LogP contribution in [0.5, 0.6) is 0 Å². The molecule has 0 unspecified atom stereocenters. The molecule has 0 saturated carbocycles. The molecule has 0 amide bonds. The van der Waals surface area contributed by atoms with E-state index in [1.165, 1.54) is 4.31 Å². The Bertz CT molecular complexity index is 592. The molecule has 1 heterocycles. The van der Waals surface area contributed by atoms with E-state index in [2.05, 4.69) is 15.9 Å². The van der Waals surface area contributed by atoms with Crippen LogP contribution in [0, 0.1) is 20.8 Å². The molecule has 106 valence electrons. The standard InChI is InChI=1S/C13H18BrNO3S/c1-9-8-10(2)13(11(3)12(9)14)19(16,17)15-4-6-18-7-5-15/h8H,4-7H2,1-3H3. The maximum absolute atomic E-state index is 12.7. The molecule has 0 bridgehead atoms. The van der Waals surface area contributed by atoms with Crippen molar-refractivity contribution in [3.8, 4) is 0 Å². The summed E-state index contributed by atoms with van der Waals surface area (Å²) in [6.45, 7) is 7.43. The molecule has 1 aliphatic rings. The number of halogens is 1. The lowest BCUT2D eigenvalue weighted by Crippen LogP contribution is -2.41. The molecule has 2 rings (SSSR count). The van der Waals surface area contributed by atoms with E-state index in [-0.39, 0.29) is 0 Å². The predicted octanol–water partition coefficient (Wildman–Crippen LogP) is 2.40. The zero-order valence-electron chi connectivity index (χ0n) is 11.4. The highest BCUT2D eigenvalue weighted by atomic mass is 79.9. The van der Waals surface area contributed by atoms with Gasteiger partial charge in [-0.05, 0) is 37.5 Å². The lowest BCUT2D eigenvalue weighted by molar-refractivity contribution is 0.0730. The van der Waals surface area contributed by atoms with Crippen LogP contribution in [0.3, 0.4) is 0 Å². The predicted molar refractivity (Wildman–Crippen MR) is 77.9 cm³/mol. The minimum Gasteiger partial charge on any atom is -0.379 e. The summed E-state index contributed by atoms with van der Waals surface area (Å²) in [5, 5.41) is 0. The Labute approximate surface area is 122 Å². The van der Waals surface area contributed by atoms with Crippen LogP contribution in [-0.4, -0.2) is 39.0 Å². The van der Waals surface area contributed by atoms with E-state index in [1.54, 1.807) is 0 Å². The zero-order valence-corrected chi connectivity index (χ0v) is 13.8. The Balaban J connectivity index is 2.54. The Morgan fingerprint density at radius 2 is 1.74 bits per heavy atom. The minimum atomic E-state index is -3.44. The maximum atomic E-state index is 12.7. The van der Waals surface area contributed by atoms with Crippen molar-refractivity contribution >= 4 is 26.0 Å². The Hall–Kier alpha value is -0.430. The van der Waals surface area contributed by atoms with Gasteiger partial charge in [-0.25, -0.2) is 8.42 Å². The van der Waals surface area contributed by atoms with Gasteiger partial charge in [-0.15, -0.1) is 0 Å². The van der Waals surface area contributed by atoms with Crippen molar-refractivity contribution in [2.45, 2.75) is 25.7 Å². The molecule has 1 aromatic carbocycles. The molecule has 0 spiro atoms. The largest absolute Gasteiger partial charge is 0.379 e. The summed E-state index contributed by atoms with van der Waals surface area (Å²) in [6.07, 6.45) is 0. The third-order valence-corrected chi connectivity index (χ3v) is 6.78. The average Bonchev–Trinajstić information content (AvgIpc) is 2.37. The van der Waals surface area contributed by atoms with Gasteiger partial charge in [-0.2, -0.15) is 4.31 Å². The first-order chi connectivity index (χ1) is 8.85. The highest BCUT2D eigenvalue weighted by Gasteiger charge is 2.30. The van der Waals surface area contributed by atoms with Gasteiger partial charge >= 0.3 is 0 Å². The van der Waals surface area contributed by atoms with Crippen LogP contribution in [0.25, 0.3) is 0 Å². The first-order valence-corrected chi connectivity index (χ1v) is 8.43. The number of aryl methyl sites for hydroxylation is 2. The lowest BCUT2D eigenvalue weighted by atomic mass is 10.1. The number of morpholine rings is 1. The zero-order chi connectivity index (χ0) is 14.2. The van der Waals surface area contributed by atoms with Crippen LogP contribution in [-0.2, 0) is 14.8 Å². The van der Waals surface area contributed by atoms with Gasteiger partial charge in [0, 0.05) is 17.6 Å². The minimum absolute atomic E-state index is 0.423. The SMILES string of the molecule is Cc1cc(C)c(S(=O)(=O)N2CCOCC2)c(C)c1Br. The normalized spacial score (nSPS) is 17.7. The van der Waals surface area contributed by atoms with Crippen molar-refractivity contribution in [3.05, 3.63) is 27.2 Å². The van der Waals surface area contributed by atoms with Crippen molar-refractivity contribution in [2.24, 2.45) is 0 Å². The summed E-state index contributed by atoms with van der Waals surface area (Å²) in [5.74, 6) is 0. The summed E-state index contributed by atoms with van der Waals surface area (Å²) < 4.78 is 33.1. The highest BCUT2D eigenvalue weighted by Crippen LogP contribution is 2.32. The van der Waals surface area contributed by atoms with Crippen LogP contribution in [0.15, 0.2) is 15.4 Å². The van der Waals surface area contributed by atoms with Gasteiger partial charge in [0.1, 0.15) is 0 Å². The number of benzene rings is 1. The second kappa shape index (κ2) is 5.52. The van der Waals surface area contributed by atoms with E-state index in [0.29, 0.717) is 31.2 Å². The summed E-state index contributed by atoms with van der Waals surface area (Å²) in [7, 11) is -3.44. The first-order valence-electron chi connectivity index (χ1n) is 6.20.